The van der Waals surface area contributed by atoms with Crippen molar-refractivity contribution in [3.8, 4) is 10.4 Å². The fraction of sp³-hybridized carbons (Fsp3) is 0. The van der Waals surface area contributed by atoms with Crippen molar-refractivity contribution in [2.75, 3.05) is 0 Å². The number of aromatic nitrogens is 2. The molecule has 0 saturated carbocycles. The Kier molecular flexibility index (Phi) is 2.79. The molecule has 0 unspecified atom stereocenters. The lowest BCUT2D eigenvalue weighted by atomic mass is 10.1. The predicted molar refractivity (Wildman–Crippen MR) is 88.1 cm³/mol. The van der Waals surface area contributed by atoms with Crippen LogP contribution in [0.25, 0.3) is 32.2 Å². The van der Waals surface area contributed by atoms with E-state index in [4.69, 9.17) is 0 Å². The van der Waals surface area contributed by atoms with Gasteiger partial charge in [-0.15, -0.1) is 11.3 Å². The van der Waals surface area contributed by atoms with Crippen LogP contribution in [0.4, 0.5) is 0 Å². The van der Waals surface area contributed by atoms with Crippen LogP contribution in [0, 0.1) is 0 Å². The molecule has 0 amide bonds. The van der Waals surface area contributed by atoms with Gasteiger partial charge < -0.3 is 0 Å². The van der Waals surface area contributed by atoms with Gasteiger partial charge in [-0.1, -0.05) is 18.2 Å². The van der Waals surface area contributed by atoms with Crippen molar-refractivity contribution in [2.24, 2.45) is 0 Å². The van der Waals surface area contributed by atoms with Crippen LogP contribution in [-0.4, -0.2) is 9.97 Å². The third-order valence-electron chi connectivity index (χ3n) is 3.28. The maximum absolute atomic E-state index is 4.62. The van der Waals surface area contributed by atoms with Crippen molar-refractivity contribution in [2.45, 2.75) is 0 Å². The molecular weight excluding hydrogens is 332 g/mol. The Morgan fingerprint density at radius 2 is 1.75 bits per heavy atom. The number of rotatable bonds is 1. The van der Waals surface area contributed by atoms with Crippen molar-refractivity contribution in [1.82, 2.24) is 9.97 Å². The molecule has 4 rings (SSSR count). The van der Waals surface area contributed by atoms with Gasteiger partial charge in [0.05, 0.1) is 14.8 Å². The second kappa shape index (κ2) is 4.65. The quantitative estimate of drug-likeness (QED) is 0.441. The van der Waals surface area contributed by atoms with Gasteiger partial charge in [-0.05, 0) is 40.2 Å². The van der Waals surface area contributed by atoms with Gasteiger partial charge in [-0.3, -0.25) is 9.97 Å². The van der Waals surface area contributed by atoms with E-state index in [1.807, 2.05) is 18.5 Å². The maximum Gasteiger partial charge on any atom is 0.0965 e. The first-order valence-corrected chi connectivity index (χ1v) is 7.81. The summed E-state index contributed by atoms with van der Waals surface area (Å²) in [6.45, 7) is 0. The lowest BCUT2D eigenvalue weighted by Gasteiger charge is -2.04. The number of fused-ring (bicyclic) bond motifs is 3. The van der Waals surface area contributed by atoms with Gasteiger partial charge >= 0.3 is 0 Å². The van der Waals surface area contributed by atoms with Crippen LogP contribution in [0.15, 0.2) is 58.6 Å². The summed E-state index contributed by atoms with van der Waals surface area (Å²) in [4.78, 5) is 10.3. The molecule has 3 aromatic heterocycles. The Hall–Kier alpha value is -1.78. The van der Waals surface area contributed by atoms with Gasteiger partial charge in [-0.2, -0.15) is 0 Å². The molecule has 0 atom stereocenters. The molecule has 1 aromatic carbocycles. The van der Waals surface area contributed by atoms with Gasteiger partial charge in [0.15, 0.2) is 0 Å². The number of halogens is 1. The van der Waals surface area contributed by atoms with E-state index < -0.39 is 0 Å². The largest absolute Gasteiger partial charge is 0.254 e. The molecule has 0 N–H and O–H groups in total. The van der Waals surface area contributed by atoms with Crippen LogP contribution in [0.5, 0.6) is 0 Å². The zero-order chi connectivity index (χ0) is 13.5. The highest BCUT2D eigenvalue weighted by molar-refractivity contribution is 9.11. The van der Waals surface area contributed by atoms with Gasteiger partial charge in [0, 0.05) is 33.6 Å². The molecule has 0 radical (unpaired) electrons. The molecule has 96 valence electrons. The summed E-state index contributed by atoms with van der Waals surface area (Å²) in [5.41, 5.74) is 3.06. The second-order valence-corrected chi connectivity index (χ2v) is 7.00. The Morgan fingerprint density at radius 3 is 2.60 bits per heavy atom. The molecule has 2 nitrogen and oxygen atoms in total. The minimum absolute atomic E-state index is 0.961. The van der Waals surface area contributed by atoms with Crippen LogP contribution in [0.3, 0.4) is 0 Å². The number of thiophene rings is 1. The molecule has 20 heavy (non-hydrogen) atoms. The summed E-state index contributed by atoms with van der Waals surface area (Å²) in [5, 5.41) is 2.25. The first kappa shape index (κ1) is 12.0. The molecule has 0 spiro atoms. The lowest BCUT2D eigenvalue weighted by Crippen LogP contribution is -1.85. The van der Waals surface area contributed by atoms with Crippen LogP contribution in [0.1, 0.15) is 0 Å². The van der Waals surface area contributed by atoms with E-state index in [2.05, 4.69) is 62.3 Å². The zero-order valence-electron chi connectivity index (χ0n) is 10.4. The molecule has 0 aliphatic carbocycles. The van der Waals surface area contributed by atoms with Crippen LogP contribution in [0.2, 0.25) is 0 Å². The highest BCUT2D eigenvalue weighted by Crippen LogP contribution is 2.33. The van der Waals surface area contributed by atoms with E-state index in [0.717, 1.165) is 31.2 Å². The van der Waals surface area contributed by atoms with Crippen molar-refractivity contribution in [3.05, 3.63) is 58.6 Å². The summed E-state index contributed by atoms with van der Waals surface area (Å²) < 4.78 is 1.13. The second-order valence-electron chi connectivity index (χ2n) is 4.54. The average Bonchev–Trinajstić information content (AvgIpc) is 2.93. The minimum atomic E-state index is 0.961. The summed E-state index contributed by atoms with van der Waals surface area (Å²) in [6.07, 6.45) is 3.74. The van der Waals surface area contributed by atoms with E-state index in [1.54, 1.807) is 11.3 Å². The van der Waals surface area contributed by atoms with E-state index in [1.165, 1.54) is 4.88 Å². The fourth-order valence-electron chi connectivity index (χ4n) is 2.34. The van der Waals surface area contributed by atoms with E-state index in [-0.39, 0.29) is 0 Å². The first-order chi connectivity index (χ1) is 9.81. The minimum Gasteiger partial charge on any atom is -0.254 e. The summed E-state index contributed by atoms with van der Waals surface area (Å²) in [7, 11) is 0. The molecule has 0 aliphatic rings. The molecule has 0 bridgehead atoms. The standard InChI is InChI=1S/C16H9BrN2S/c17-14-6-5-13(20-14)12-8-11-4-3-10-2-1-7-18-15(10)16(11)19-9-12/h1-9H. The van der Waals surface area contributed by atoms with Crippen molar-refractivity contribution in [1.29, 1.82) is 0 Å². The summed E-state index contributed by atoms with van der Waals surface area (Å²) in [6, 6.07) is 14.6. The van der Waals surface area contributed by atoms with Gasteiger partial charge in [0.25, 0.3) is 0 Å². The van der Waals surface area contributed by atoms with E-state index in [0.29, 0.717) is 0 Å². The third kappa shape index (κ3) is 1.92. The number of benzene rings is 1. The highest BCUT2D eigenvalue weighted by atomic mass is 79.9. The van der Waals surface area contributed by atoms with E-state index in [9.17, 15) is 0 Å². The molecule has 0 aliphatic heterocycles. The van der Waals surface area contributed by atoms with E-state index >= 15 is 0 Å². The molecular formula is C16H9BrN2S. The Bertz CT molecular complexity index is 930. The normalized spacial score (nSPS) is 11.2. The van der Waals surface area contributed by atoms with Crippen molar-refractivity contribution in [3.63, 3.8) is 0 Å². The van der Waals surface area contributed by atoms with Crippen LogP contribution in [-0.2, 0) is 0 Å². The molecule has 4 heteroatoms. The number of hydrogen-bond donors (Lipinski definition) is 0. The summed E-state index contributed by atoms with van der Waals surface area (Å²) in [5.74, 6) is 0. The van der Waals surface area contributed by atoms with Crippen LogP contribution >= 0.6 is 27.3 Å². The monoisotopic (exact) mass is 340 g/mol. The predicted octanol–water partition coefficient (Wildman–Crippen LogP) is 5.27. The van der Waals surface area contributed by atoms with Crippen molar-refractivity contribution >= 4 is 49.1 Å². The lowest BCUT2D eigenvalue weighted by molar-refractivity contribution is 1.38. The number of hydrogen-bond acceptors (Lipinski definition) is 3. The van der Waals surface area contributed by atoms with Gasteiger partial charge in [0.1, 0.15) is 0 Å². The Morgan fingerprint density at radius 1 is 0.900 bits per heavy atom. The number of nitrogens with zero attached hydrogens (tertiary/aromatic N) is 2. The molecule has 4 aromatic rings. The summed E-state index contributed by atoms with van der Waals surface area (Å²) >= 11 is 5.21. The Balaban J connectivity index is 1.98. The van der Waals surface area contributed by atoms with Crippen LogP contribution < -0.4 is 0 Å². The van der Waals surface area contributed by atoms with Gasteiger partial charge in [0.2, 0.25) is 0 Å². The third-order valence-corrected chi connectivity index (χ3v) is 4.95. The number of pyridine rings is 2. The Labute approximate surface area is 128 Å². The SMILES string of the molecule is Brc1ccc(-c2cnc3c(ccc4cccnc43)c2)s1. The molecule has 0 fully saturated rings. The maximum atomic E-state index is 4.62. The first-order valence-electron chi connectivity index (χ1n) is 6.20. The molecule has 3 heterocycles. The topological polar surface area (TPSA) is 25.8 Å². The van der Waals surface area contributed by atoms with Gasteiger partial charge in [-0.25, -0.2) is 0 Å². The molecule has 0 saturated heterocycles. The highest BCUT2D eigenvalue weighted by Gasteiger charge is 2.06. The fourth-order valence-corrected chi connectivity index (χ4v) is 3.71. The smallest absolute Gasteiger partial charge is 0.0965 e. The average molecular weight is 341 g/mol. The van der Waals surface area contributed by atoms with Crippen molar-refractivity contribution < 1.29 is 0 Å². The zero-order valence-corrected chi connectivity index (χ0v) is 12.8.